The van der Waals surface area contributed by atoms with Crippen molar-refractivity contribution in [3.63, 3.8) is 0 Å². The number of piperidine rings is 1. The Morgan fingerprint density at radius 3 is 2.33 bits per heavy atom. The number of benzene rings is 1. The van der Waals surface area contributed by atoms with E-state index in [0.29, 0.717) is 5.92 Å². The Hall–Kier alpha value is -2.17. The van der Waals surface area contributed by atoms with Crippen LogP contribution in [0.15, 0.2) is 28.8 Å². The first-order chi connectivity index (χ1) is 12.7. The van der Waals surface area contributed by atoms with E-state index in [4.69, 9.17) is 4.52 Å². The number of aromatic nitrogens is 2. The van der Waals surface area contributed by atoms with Crippen LogP contribution in [0.3, 0.4) is 0 Å². The van der Waals surface area contributed by atoms with Crippen molar-refractivity contribution in [3.8, 4) is 0 Å². The Labute approximate surface area is 162 Å². The quantitative estimate of drug-likeness (QED) is 0.791. The van der Waals surface area contributed by atoms with Gasteiger partial charge < -0.3 is 9.42 Å². The second kappa shape index (κ2) is 7.83. The van der Waals surface area contributed by atoms with Crippen molar-refractivity contribution in [2.75, 3.05) is 13.1 Å². The molecule has 0 aliphatic carbocycles. The molecule has 0 N–H and O–H groups in total. The van der Waals surface area contributed by atoms with E-state index in [1.54, 1.807) is 0 Å². The van der Waals surface area contributed by atoms with Crippen molar-refractivity contribution in [1.29, 1.82) is 0 Å². The first kappa shape index (κ1) is 19.6. The Morgan fingerprint density at radius 1 is 1.19 bits per heavy atom. The second-order valence-corrected chi connectivity index (χ2v) is 8.97. The van der Waals surface area contributed by atoms with Crippen LogP contribution < -0.4 is 0 Å². The number of carbonyl (C=O) groups is 1. The van der Waals surface area contributed by atoms with Gasteiger partial charge in [0.05, 0.1) is 0 Å². The Morgan fingerprint density at radius 2 is 1.81 bits per heavy atom. The number of hydrogen-bond donors (Lipinski definition) is 0. The molecule has 1 fully saturated rings. The average Bonchev–Trinajstić information content (AvgIpc) is 3.10. The van der Waals surface area contributed by atoms with Gasteiger partial charge in [0.25, 0.3) is 5.91 Å². The highest BCUT2D eigenvalue weighted by molar-refractivity contribution is 5.94. The summed E-state index contributed by atoms with van der Waals surface area (Å²) in [6, 6.07) is 8.06. The average molecular weight is 370 g/mol. The van der Waals surface area contributed by atoms with Crippen molar-refractivity contribution in [2.24, 2.45) is 5.92 Å². The van der Waals surface area contributed by atoms with E-state index in [9.17, 15) is 4.79 Å². The summed E-state index contributed by atoms with van der Waals surface area (Å²) in [6.45, 7) is 12.2. The fourth-order valence-electron chi connectivity index (χ4n) is 3.47. The Bertz CT molecular complexity index is 764. The molecule has 1 aliphatic rings. The summed E-state index contributed by atoms with van der Waals surface area (Å²) >= 11 is 0. The normalized spacial score (nSPS) is 16.1. The molecule has 5 nitrogen and oxygen atoms in total. The summed E-state index contributed by atoms with van der Waals surface area (Å²) in [6.07, 6.45) is 2.76. The molecule has 0 unspecified atom stereocenters. The lowest BCUT2D eigenvalue weighted by molar-refractivity contribution is 0.0687. The molecule has 0 radical (unpaired) electrons. The number of hydrogen-bond acceptors (Lipinski definition) is 4. The van der Waals surface area contributed by atoms with Gasteiger partial charge in [-0.3, -0.25) is 4.79 Å². The molecule has 1 aromatic heterocycles. The lowest BCUT2D eigenvalue weighted by Crippen LogP contribution is -2.39. The van der Waals surface area contributed by atoms with Gasteiger partial charge in [0.15, 0.2) is 5.82 Å². The largest absolute Gasteiger partial charge is 0.339 e. The first-order valence-electron chi connectivity index (χ1n) is 9.96. The summed E-state index contributed by atoms with van der Waals surface area (Å²) in [5.41, 5.74) is 2.13. The van der Waals surface area contributed by atoms with Gasteiger partial charge in [-0.05, 0) is 41.9 Å². The van der Waals surface area contributed by atoms with Crippen LogP contribution in [-0.4, -0.2) is 34.0 Å². The van der Waals surface area contributed by atoms with E-state index >= 15 is 0 Å². The molecule has 0 bridgehead atoms. The van der Waals surface area contributed by atoms with Gasteiger partial charge in [-0.25, -0.2) is 0 Å². The first-order valence-corrected chi connectivity index (χ1v) is 9.96. The monoisotopic (exact) mass is 369 g/mol. The van der Waals surface area contributed by atoms with E-state index < -0.39 is 0 Å². The SMILES string of the molecule is CC(C)c1noc(CC2CCN(C(=O)c3ccc(C(C)(C)C)cc3)CC2)n1. The molecule has 1 aromatic carbocycles. The van der Waals surface area contributed by atoms with Gasteiger partial charge >= 0.3 is 0 Å². The third kappa shape index (κ3) is 4.76. The standard InChI is InChI=1S/C22H31N3O2/c1-15(2)20-23-19(27-24-20)14-16-10-12-25(13-11-16)21(26)17-6-8-18(9-7-17)22(3,4)5/h6-9,15-16H,10-14H2,1-5H3. The minimum Gasteiger partial charge on any atom is -0.339 e. The molecule has 5 heteroatoms. The topological polar surface area (TPSA) is 59.2 Å². The molecular weight excluding hydrogens is 338 g/mol. The summed E-state index contributed by atoms with van der Waals surface area (Å²) in [5, 5.41) is 4.04. The zero-order chi connectivity index (χ0) is 19.6. The molecule has 146 valence electrons. The molecule has 0 atom stereocenters. The van der Waals surface area contributed by atoms with E-state index in [1.807, 2.05) is 17.0 Å². The molecule has 3 rings (SSSR count). The van der Waals surface area contributed by atoms with Crippen molar-refractivity contribution in [1.82, 2.24) is 15.0 Å². The minimum absolute atomic E-state index is 0.101. The fraction of sp³-hybridized carbons (Fsp3) is 0.591. The van der Waals surface area contributed by atoms with Crippen molar-refractivity contribution >= 4 is 5.91 Å². The molecule has 27 heavy (non-hydrogen) atoms. The van der Waals surface area contributed by atoms with E-state index in [-0.39, 0.29) is 17.2 Å². The summed E-state index contributed by atoms with van der Waals surface area (Å²) in [7, 11) is 0. The predicted molar refractivity (Wildman–Crippen MR) is 106 cm³/mol. The van der Waals surface area contributed by atoms with Crippen molar-refractivity contribution in [2.45, 2.75) is 65.2 Å². The highest BCUT2D eigenvalue weighted by Crippen LogP contribution is 2.25. The van der Waals surface area contributed by atoms with Crippen LogP contribution >= 0.6 is 0 Å². The lowest BCUT2D eigenvalue weighted by Gasteiger charge is -2.31. The van der Waals surface area contributed by atoms with Gasteiger partial charge in [0.2, 0.25) is 5.89 Å². The van der Waals surface area contributed by atoms with Crippen LogP contribution in [0.4, 0.5) is 0 Å². The number of carbonyl (C=O) groups excluding carboxylic acids is 1. The maximum absolute atomic E-state index is 12.8. The molecule has 1 saturated heterocycles. The van der Waals surface area contributed by atoms with Gasteiger partial charge in [-0.15, -0.1) is 0 Å². The lowest BCUT2D eigenvalue weighted by atomic mass is 9.86. The van der Waals surface area contributed by atoms with Crippen LogP contribution in [0.2, 0.25) is 0 Å². The molecular formula is C22H31N3O2. The molecule has 0 saturated carbocycles. The third-order valence-corrected chi connectivity index (χ3v) is 5.36. The highest BCUT2D eigenvalue weighted by atomic mass is 16.5. The van der Waals surface area contributed by atoms with E-state index in [0.717, 1.165) is 49.6 Å². The Balaban J connectivity index is 1.54. The summed E-state index contributed by atoms with van der Waals surface area (Å²) in [5.74, 6) is 2.41. The third-order valence-electron chi connectivity index (χ3n) is 5.36. The van der Waals surface area contributed by atoms with Gasteiger partial charge in [0.1, 0.15) is 0 Å². The van der Waals surface area contributed by atoms with Crippen LogP contribution in [0.25, 0.3) is 0 Å². The maximum Gasteiger partial charge on any atom is 0.253 e. The van der Waals surface area contributed by atoms with Crippen molar-refractivity contribution in [3.05, 3.63) is 47.1 Å². The van der Waals surface area contributed by atoms with Gasteiger partial charge in [-0.2, -0.15) is 4.98 Å². The van der Waals surface area contributed by atoms with Crippen molar-refractivity contribution < 1.29 is 9.32 Å². The Kier molecular flexibility index (Phi) is 5.68. The number of rotatable bonds is 4. The van der Waals surface area contributed by atoms with E-state index in [2.05, 4.69) is 56.9 Å². The zero-order valence-electron chi connectivity index (χ0n) is 17.2. The maximum atomic E-state index is 12.8. The second-order valence-electron chi connectivity index (χ2n) is 8.97. The summed E-state index contributed by atoms with van der Waals surface area (Å²) < 4.78 is 5.37. The van der Waals surface area contributed by atoms with Crippen LogP contribution in [0.1, 0.15) is 81.0 Å². The van der Waals surface area contributed by atoms with Crippen LogP contribution in [-0.2, 0) is 11.8 Å². The summed E-state index contributed by atoms with van der Waals surface area (Å²) in [4.78, 5) is 19.2. The fourth-order valence-corrected chi connectivity index (χ4v) is 3.47. The molecule has 2 heterocycles. The highest BCUT2D eigenvalue weighted by Gasteiger charge is 2.25. The van der Waals surface area contributed by atoms with E-state index in [1.165, 1.54) is 5.56 Å². The molecule has 1 amide bonds. The molecule has 1 aliphatic heterocycles. The minimum atomic E-state index is 0.101. The molecule has 2 aromatic rings. The molecule has 0 spiro atoms. The zero-order valence-corrected chi connectivity index (χ0v) is 17.2. The smallest absolute Gasteiger partial charge is 0.253 e. The number of amides is 1. The van der Waals surface area contributed by atoms with Crippen LogP contribution in [0, 0.1) is 5.92 Å². The predicted octanol–water partition coefficient (Wildman–Crippen LogP) is 4.59. The van der Waals surface area contributed by atoms with Gasteiger partial charge in [-0.1, -0.05) is 51.9 Å². The number of likely N-dealkylation sites (tertiary alicyclic amines) is 1. The van der Waals surface area contributed by atoms with Crippen LogP contribution in [0.5, 0.6) is 0 Å². The number of nitrogens with zero attached hydrogens (tertiary/aromatic N) is 3. The van der Waals surface area contributed by atoms with Gasteiger partial charge in [0, 0.05) is 31.0 Å².